The van der Waals surface area contributed by atoms with Crippen LogP contribution in [0.5, 0.6) is 0 Å². The number of carbonyl (C=O) groups is 1. The average Bonchev–Trinajstić information content (AvgIpc) is 3.04. The molecular weight excluding hydrogens is 341 g/mol. The lowest BCUT2D eigenvalue weighted by molar-refractivity contribution is 0.102. The van der Waals surface area contributed by atoms with Crippen molar-refractivity contribution in [2.75, 3.05) is 5.32 Å². The molecule has 1 amide bonds. The van der Waals surface area contributed by atoms with E-state index in [-0.39, 0.29) is 17.1 Å². The number of aromatic nitrogens is 2. The Morgan fingerprint density at radius 3 is 2.26 bits per heavy atom. The van der Waals surface area contributed by atoms with E-state index in [1.807, 2.05) is 19.1 Å². The van der Waals surface area contributed by atoms with Crippen LogP contribution in [0.4, 0.5) is 10.1 Å². The van der Waals surface area contributed by atoms with Crippen LogP contribution in [0.25, 0.3) is 11.3 Å². The molecule has 0 saturated carbocycles. The van der Waals surface area contributed by atoms with Crippen molar-refractivity contribution in [3.8, 4) is 11.3 Å². The van der Waals surface area contributed by atoms with Crippen LogP contribution in [-0.4, -0.2) is 16.1 Å². The van der Waals surface area contributed by atoms with Crippen LogP contribution in [0.2, 0.25) is 0 Å². The Hall–Kier alpha value is -2.95. The van der Waals surface area contributed by atoms with E-state index < -0.39 is 0 Å². The highest BCUT2D eigenvalue weighted by molar-refractivity contribution is 6.06. The van der Waals surface area contributed by atoms with Crippen molar-refractivity contribution in [1.82, 2.24) is 10.2 Å². The number of hydrogen-bond donors (Lipinski definition) is 2. The largest absolute Gasteiger partial charge is 0.319 e. The molecule has 0 aliphatic rings. The van der Waals surface area contributed by atoms with Gasteiger partial charge in [-0.3, -0.25) is 9.89 Å². The molecule has 0 aliphatic heterocycles. The molecule has 0 fully saturated rings. The predicted octanol–water partition coefficient (Wildman–Crippen LogP) is 5.33. The summed E-state index contributed by atoms with van der Waals surface area (Å²) in [5.74, 6) is -0.664. The maximum atomic E-state index is 13.1. The number of nitrogens with zero attached hydrogens (tertiary/aromatic N) is 1. The molecule has 3 aromatic rings. The van der Waals surface area contributed by atoms with Crippen LogP contribution in [0.3, 0.4) is 0 Å². The molecule has 0 bridgehead atoms. The van der Waals surface area contributed by atoms with Crippen LogP contribution >= 0.6 is 0 Å². The first-order valence-electron chi connectivity index (χ1n) is 9.04. The molecule has 0 unspecified atom stereocenters. The van der Waals surface area contributed by atoms with Gasteiger partial charge in [-0.15, -0.1) is 0 Å². The van der Waals surface area contributed by atoms with Gasteiger partial charge in [0.05, 0.1) is 11.4 Å². The van der Waals surface area contributed by atoms with Crippen LogP contribution in [0.15, 0.2) is 48.5 Å². The van der Waals surface area contributed by atoms with Crippen molar-refractivity contribution in [3.05, 3.63) is 71.2 Å². The van der Waals surface area contributed by atoms with E-state index in [1.54, 1.807) is 0 Å². The van der Waals surface area contributed by atoms with Gasteiger partial charge in [-0.05, 0) is 41.7 Å². The van der Waals surface area contributed by atoms with Gasteiger partial charge in [0, 0.05) is 11.1 Å². The molecule has 0 spiro atoms. The zero-order valence-electron chi connectivity index (χ0n) is 16.1. The minimum Gasteiger partial charge on any atom is -0.319 e. The highest BCUT2D eigenvalue weighted by atomic mass is 19.1. The van der Waals surface area contributed by atoms with Gasteiger partial charge in [0.1, 0.15) is 11.5 Å². The van der Waals surface area contributed by atoms with Gasteiger partial charge >= 0.3 is 0 Å². The highest BCUT2D eigenvalue weighted by Crippen LogP contribution is 2.31. The van der Waals surface area contributed by atoms with Crippen molar-refractivity contribution in [2.24, 2.45) is 0 Å². The Kier molecular flexibility index (Phi) is 5.13. The van der Waals surface area contributed by atoms with E-state index in [2.05, 4.69) is 48.4 Å². The number of amides is 1. The van der Waals surface area contributed by atoms with E-state index in [0.29, 0.717) is 23.4 Å². The number of halogens is 1. The van der Waals surface area contributed by atoms with Crippen LogP contribution < -0.4 is 5.32 Å². The van der Waals surface area contributed by atoms with E-state index in [1.165, 1.54) is 29.8 Å². The fourth-order valence-corrected chi connectivity index (χ4v) is 2.89. The van der Waals surface area contributed by atoms with Crippen LogP contribution in [-0.2, 0) is 11.8 Å². The lowest BCUT2D eigenvalue weighted by atomic mass is 9.86. The average molecular weight is 365 g/mol. The number of rotatable bonds is 4. The van der Waals surface area contributed by atoms with Gasteiger partial charge in [0.15, 0.2) is 0 Å². The topological polar surface area (TPSA) is 57.8 Å². The second kappa shape index (κ2) is 7.35. The maximum Gasteiger partial charge on any atom is 0.255 e. The number of aromatic amines is 1. The fraction of sp³-hybridized carbons (Fsp3) is 0.273. The number of aryl methyl sites for hydroxylation is 1. The molecule has 140 valence electrons. The number of anilines is 1. The summed E-state index contributed by atoms with van der Waals surface area (Å²) in [6.45, 7) is 8.49. The van der Waals surface area contributed by atoms with Crippen LogP contribution in [0.1, 0.15) is 49.3 Å². The summed E-state index contributed by atoms with van der Waals surface area (Å²) in [6, 6.07) is 13.7. The monoisotopic (exact) mass is 365 g/mol. The van der Waals surface area contributed by atoms with Gasteiger partial charge in [-0.1, -0.05) is 52.0 Å². The number of hydrogen-bond acceptors (Lipinski definition) is 2. The fourth-order valence-electron chi connectivity index (χ4n) is 2.89. The first kappa shape index (κ1) is 18.8. The van der Waals surface area contributed by atoms with E-state index in [0.717, 1.165) is 11.3 Å². The minimum atomic E-state index is -0.372. The molecule has 3 rings (SSSR count). The normalized spacial score (nSPS) is 11.4. The third kappa shape index (κ3) is 4.08. The minimum absolute atomic E-state index is 0.0678. The lowest BCUT2D eigenvalue weighted by Crippen LogP contribution is -2.13. The van der Waals surface area contributed by atoms with Crippen molar-refractivity contribution in [1.29, 1.82) is 0 Å². The smallest absolute Gasteiger partial charge is 0.255 e. The summed E-state index contributed by atoms with van der Waals surface area (Å²) in [5.41, 5.74) is 4.83. The summed E-state index contributed by atoms with van der Waals surface area (Å²) >= 11 is 0. The van der Waals surface area contributed by atoms with Crippen LogP contribution in [0, 0.1) is 5.82 Å². The standard InChI is InChI=1S/C22H24FN3O/c1-5-18-20(24-21(27)15-8-12-17(23)13-9-15)19(26-25-18)14-6-10-16(11-7-14)22(2,3)4/h6-13H,5H2,1-4H3,(H,24,27)(H,25,26). The second-order valence-corrected chi connectivity index (χ2v) is 7.57. The van der Waals surface area contributed by atoms with Gasteiger partial charge in [-0.2, -0.15) is 5.10 Å². The summed E-state index contributed by atoms with van der Waals surface area (Å²) in [4.78, 5) is 12.6. The van der Waals surface area contributed by atoms with Gasteiger partial charge in [0.2, 0.25) is 0 Å². The summed E-state index contributed by atoms with van der Waals surface area (Å²) in [6.07, 6.45) is 0.701. The van der Waals surface area contributed by atoms with Gasteiger partial charge in [0.25, 0.3) is 5.91 Å². The zero-order chi connectivity index (χ0) is 19.6. The van der Waals surface area contributed by atoms with Gasteiger partial charge < -0.3 is 5.32 Å². The molecule has 0 atom stereocenters. The molecule has 27 heavy (non-hydrogen) atoms. The van der Waals surface area contributed by atoms with Crippen molar-refractivity contribution >= 4 is 11.6 Å². The molecule has 0 saturated heterocycles. The predicted molar refractivity (Wildman–Crippen MR) is 106 cm³/mol. The molecular formula is C22H24FN3O. The Balaban J connectivity index is 1.93. The number of nitrogens with one attached hydrogen (secondary N) is 2. The molecule has 0 aliphatic carbocycles. The molecule has 0 radical (unpaired) electrons. The van der Waals surface area contributed by atoms with Crippen molar-refractivity contribution < 1.29 is 9.18 Å². The van der Waals surface area contributed by atoms with Crippen molar-refractivity contribution in [3.63, 3.8) is 0 Å². The summed E-state index contributed by atoms with van der Waals surface area (Å²) in [7, 11) is 0. The number of carbonyl (C=O) groups excluding carboxylic acids is 1. The SMILES string of the molecule is CCc1[nH]nc(-c2ccc(C(C)(C)C)cc2)c1NC(=O)c1ccc(F)cc1. The summed E-state index contributed by atoms with van der Waals surface area (Å²) in [5, 5.41) is 10.4. The molecule has 5 heteroatoms. The number of benzene rings is 2. The van der Waals surface area contributed by atoms with Gasteiger partial charge in [-0.25, -0.2) is 4.39 Å². The first-order chi connectivity index (χ1) is 12.8. The van der Waals surface area contributed by atoms with E-state index >= 15 is 0 Å². The molecule has 2 aromatic carbocycles. The molecule has 2 N–H and O–H groups in total. The summed E-state index contributed by atoms with van der Waals surface area (Å²) < 4.78 is 13.1. The third-order valence-corrected chi connectivity index (χ3v) is 4.56. The van der Waals surface area contributed by atoms with E-state index in [4.69, 9.17) is 0 Å². The van der Waals surface area contributed by atoms with E-state index in [9.17, 15) is 9.18 Å². The Bertz CT molecular complexity index is 935. The quantitative estimate of drug-likeness (QED) is 0.657. The maximum absolute atomic E-state index is 13.1. The highest BCUT2D eigenvalue weighted by Gasteiger charge is 2.19. The third-order valence-electron chi connectivity index (χ3n) is 4.56. The molecule has 1 heterocycles. The Morgan fingerprint density at radius 2 is 1.70 bits per heavy atom. The molecule has 1 aromatic heterocycles. The first-order valence-corrected chi connectivity index (χ1v) is 9.04. The Labute approximate surface area is 158 Å². The zero-order valence-corrected chi connectivity index (χ0v) is 16.1. The number of H-pyrrole nitrogens is 1. The van der Waals surface area contributed by atoms with Crippen molar-refractivity contribution in [2.45, 2.75) is 39.5 Å². The Morgan fingerprint density at radius 1 is 1.07 bits per heavy atom. The lowest BCUT2D eigenvalue weighted by Gasteiger charge is -2.19. The second-order valence-electron chi connectivity index (χ2n) is 7.57. The molecule has 4 nitrogen and oxygen atoms in total.